The van der Waals surface area contributed by atoms with Crippen LogP contribution < -0.4 is 15.2 Å². The molecule has 1 aliphatic rings. The van der Waals surface area contributed by atoms with E-state index >= 15 is 0 Å². The van der Waals surface area contributed by atoms with Gasteiger partial charge in [0.2, 0.25) is 10.0 Å². The van der Waals surface area contributed by atoms with Crippen LogP contribution in [0, 0.1) is 0 Å². The first-order valence-corrected chi connectivity index (χ1v) is 10.1. The maximum atomic E-state index is 12.5. The molecule has 2 aromatic carbocycles. The Morgan fingerprint density at radius 1 is 1.12 bits per heavy atom. The zero-order valence-corrected chi connectivity index (χ0v) is 15.1. The zero-order valence-electron chi connectivity index (χ0n) is 13.4. The standard InChI is InChI=1S/C18H14N2O4S2/c19-26(22,23)13-7-5-12(6-8-13)20-18(21)16-9-11-10-24-15-4-2-1-3-14(15)17(11)25-16/h1-9H,10H2,(H,20,21)(H2,19,22,23). The van der Waals surface area contributed by atoms with Crippen LogP contribution in [0.1, 0.15) is 15.2 Å². The van der Waals surface area contributed by atoms with Crippen molar-refractivity contribution in [3.8, 4) is 16.2 Å². The van der Waals surface area contributed by atoms with Crippen molar-refractivity contribution in [2.75, 3.05) is 5.32 Å². The lowest BCUT2D eigenvalue weighted by molar-refractivity contribution is 0.103. The van der Waals surface area contributed by atoms with Gasteiger partial charge in [-0.05, 0) is 42.5 Å². The van der Waals surface area contributed by atoms with Gasteiger partial charge in [-0.2, -0.15) is 0 Å². The first-order chi connectivity index (χ1) is 12.4. The van der Waals surface area contributed by atoms with Gasteiger partial charge in [0.1, 0.15) is 12.4 Å². The number of benzene rings is 2. The SMILES string of the molecule is NS(=O)(=O)c1ccc(NC(=O)c2cc3c(s2)-c2ccccc2OC3)cc1. The molecule has 0 atom stereocenters. The Labute approximate surface area is 154 Å². The topological polar surface area (TPSA) is 98.5 Å². The largest absolute Gasteiger partial charge is 0.488 e. The molecule has 0 bridgehead atoms. The second-order valence-corrected chi connectivity index (χ2v) is 8.39. The third-order valence-electron chi connectivity index (χ3n) is 3.99. The summed E-state index contributed by atoms with van der Waals surface area (Å²) in [7, 11) is -3.76. The quantitative estimate of drug-likeness (QED) is 0.722. The van der Waals surface area contributed by atoms with Crippen LogP contribution in [0.25, 0.3) is 10.4 Å². The summed E-state index contributed by atoms with van der Waals surface area (Å²) in [6, 6.07) is 15.3. The number of anilines is 1. The van der Waals surface area contributed by atoms with E-state index in [1.165, 1.54) is 35.6 Å². The lowest BCUT2D eigenvalue weighted by atomic mass is 10.1. The first-order valence-electron chi connectivity index (χ1n) is 7.71. The van der Waals surface area contributed by atoms with Gasteiger partial charge in [0.05, 0.1) is 9.77 Å². The molecule has 0 aliphatic carbocycles. The molecule has 1 aliphatic heterocycles. The van der Waals surface area contributed by atoms with E-state index in [-0.39, 0.29) is 10.8 Å². The number of ether oxygens (including phenoxy) is 1. The number of nitrogens with two attached hydrogens (primary N) is 1. The normalized spacial score (nSPS) is 12.7. The monoisotopic (exact) mass is 386 g/mol. The fourth-order valence-corrected chi connectivity index (χ4v) is 4.34. The average molecular weight is 386 g/mol. The van der Waals surface area contributed by atoms with Gasteiger partial charge < -0.3 is 10.1 Å². The van der Waals surface area contributed by atoms with Crippen LogP contribution in [0.3, 0.4) is 0 Å². The molecular formula is C18H14N2O4S2. The molecule has 0 fully saturated rings. The second-order valence-electron chi connectivity index (χ2n) is 5.77. The Hall–Kier alpha value is -2.68. The van der Waals surface area contributed by atoms with Crippen LogP contribution in [0.15, 0.2) is 59.5 Å². The van der Waals surface area contributed by atoms with Gasteiger partial charge in [0.25, 0.3) is 5.91 Å². The highest BCUT2D eigenvalue weighted by Gasteiger charge is 2.22. The van der Waals surface area contributed by atoms with Gasteiger partial charge in [-0.15, -0.1) is 11.3 Å². The van der Waals surface area contributed by atoms with Crippen LogP contribution in [-0.4, -0.2) is 14.3 Å². The van der Waals surface area contributed by atoms with Crippen molar-refractivity contribution in [1.29, 1.82) is 0 Å². The van der Waals surface area contributed by atoms with Crippen molar-refractivity contribution in [3.63, 3.8) is 0 Å². The van der Waals surface area contributed by atoms with Gasteiger partial charge in [0.15, 0.2) is 0 Å². The van der Waals surface area contributed by atoms with Gasteiger partial charge in [0, 0.05) is 21.7 Å². The Bertz CT molecular complexity index is 1100. The van der Waals surface area contributed by atoms with Crippen molar-refractivity contribution in [3.05, 3.63) is 65.0 Å². The highest BCUT2D eigenvalue weighted by atomic mass is 32.2. The number of thiophene rings is 1. The van der Waals surface area contributed by atoms with E-state index in [0.717, 1.165) is 21.8 Å². The van der Waals surface area contributed by atoms with Crippen molar-refractivity contribution < 1.29 is 17.9 Å². The predicted octanol–water partition coefficient (Wildman–Crippen LogP) is 3.21. The Kier molecular flexibility index (Phi) is 4.03. The van der Waals surface area contributed by atoms with Gasteiger partial charge >= 0.3 is 0 Å². The summed E-state index contributed by atoms with van der Waals surface area (Å²) >= 11 is 1.40. The van der Waals surface area contributed by atoms with E-state index in [9.17, 15) is 13.2 Å². The van der Waals surface area contributed by atoms with Crippen LogP contribution in [0.5, 0.6) is 5.75 Å². The number of amides is 1. The third-order valence-corrected chi connectivity index (χ3v) is 6.13. The number of rotatable bonds is 3. The molecule has 2 heterocycles. The van der Waals surface area contributed by atoms with Crippen molar-refractivity contribution in [2.24, 2.45) is 5.14 Å². The zero-order chi connectivity index (χ0) is 18.3. The van der Waals surface area contributed by atoms with Crippen LogP contribution in [-0.2, 0) is 16.6 Å². The molecule has 3 aromatic rings. The Morgan fingerprint density at radius 2 is 1.85 bits per heavy atom. The maximum absolute atomic E-state index is 12.5. The van der Waals surface area contributed by atoms with E-state index in [2.05, 4.69) is 5.32 Å². The molecule has 0 spiro atoms. The van der Waals surface area contributed by atoms with E-state index in [0.29, 0.717) is 17.2 Å². The second kappa shape index (κ2) is 6.24. The minimum absolute atomic E-state index is 0.00385. The molecule has 4 rings (SSSR count). The maximum Gasteiger partial charge on any atom is 0.265 e. The lowest BCUT2D eigenvalue weighted by Crippen LogP contribution is -2.13. The van der Waals surface area contributed by atoms with Crippen molar-refractivity contribution in [2.45, 2.75) is 11.5 Å². The van der Waals surface area contributed by atoms with Crippen molar-refractivity contribution in [1.82, 2.24) is 0 Å². The molecular weight excluding hydrogens is 372 g/mol. The summed E-state index contributed by atoms with van der Waals surface area (Å²) in [6.07, 6.45) is 0. The minimum atomic E-state index is -3.76. The number of primary sulfonamides is 1. The van der Waals surface area contributed by atoms with Gasteiger partial charge in [-0.3, -0.25) is 4.79 Å². The summed E-state index contributed by atoms with van der Waals surface area (Å²) < 4.78 is 28.3. The summed E-state index contributed by atoms with van der Waals surface area (Å²) in [4.78, 5) is 14.1. The number of sulfonamides is 1. The summed E-state index contributed by atoms with van der Waals surface area (Å²) in [5.41, 5.74) is 2.45. The van der Waals surface area contributed by atoms with E-state index in [4.69, 9.17) is 9.88 Å². The van der Waals surface area contributed by atoms with Crippen molar-refractivity contribution >= 4 is 33.0 Å². The number of nitrogens with one attached hydrogen (secondary N) is 1. The summed E-state index contributed by atoms with van der Waals surface area (Å²) in [6.45, 7) is 0.430. The van der Waals surface area contributed by atoms with Crippen LogP contribution >= 0.6 is 11.3 Å². The highest BCUT2D eigenvalue weighted by molar-refractivity contribution is 7.89. The number of para-hydroxylation sites is 1. The third kappa shape index (κ3) is 3.10. The van der Waals surface area contributed by atoms with E-state index < -0.39 is 10.0 Å². The van der Waals surface area contributed by atoms with Crippen LogP contribution in [0.2, 0.25) is 0 Å². The molecule has 1 amide bonds. The van der Waals surface area contributed by atoms with Gasteiger partial charge in [-0.25, -0.2) is 13.6 Å². The smallest absolute Gasteiger partial charge is 0.265 e. The molecule has 6 nitrogen and oxygen atoms in total. The number of hydrogen-bond donors (Lipinski definition) is 2. The molecule has 26 heavy (non-hydrogen) atoms. The number of carbonyl (C=O) groups excluding carboxylic acids is 1. The molecule has 0 saturated carbocycles. The number of hydrogen-bond acceptors (Lipinski definition) is 5. The molecule has 0 saturated heterocycles. The molecule has 3 N–H and O–H groups in total. The summed E-state index contributed by atoms with van der Waals surface area (Å²) in [5.74, 6) is 0.553. The molecule has 8 heteroatoms. The number of carbonyl (C=O) groups is 1. The van der Waals surface area contributed by atoms with E-state index in [1.54, 1.807) is 0 Å². The lowest BCUT2D eigenvalue weighted by Gasteiger charge is -2.16. The fourth-order valence-electron chi connectivity index (χ4n) is 2.73. The first kappa shape index (κ1) is 16.8. The van der Waals surface area contributed by atoms with Gasteiger partial charge in [-0.1, -0.05) is 12.1 Å². The molecule has 1 aromatic heterocycles. The molecule has 132 valence electrons. The molecule has 0 unspecified atom stereocenters. The fraction of sp³-hybridized carbons (Fsp3) is 0.0556. The Morgan fingerprint density at radius 3 is 2.58 bits per heavy atom. The summed E-state index contributed by atoms with van der Waals surface area (Å²) in [5, 5.41) is 7.83. The number of fused-ring (bicyclic) bond motifs is 3. The Balaban J connectivity index is 1.58. The average Bonchev–Trinajstić information content (AvgIpc) is 3.06. The predicted molar refractivity (Wildman–Crippen MR) is 99.9 cm³/mol. The molecule has 0 radical (unpaired) electrons. The van der Waals surface area contributed by atoms with Crippen LogP contribution in [0.4, 0.5) is 5.69 Å². The minimum Gasteiger partial charge on any atom is -0.488 e. The highest BCUT2D eigenvalue weighted by Crippen LogP contribution is 2.42. The van der Waals surface area contributed by atoms with E-state index in [1.807, 2.05) is 30.3 Å².